The van der Waals surface area contributed by atoms with Crippen molar-refractivity contribution in [2.45, 2.75) is 71.3 Å². The summed E-state index contributed by atoms with van der Waals surface area (Å²) < 4.78 is 0. The molecule has 2 aliphatic heterocycles. The minimum atomic E-state index is -0.0972. The average Bonchev–Trinajstić information content (AvgIpc) is 2.99. The summed E-state index contributed by atoms with van der Waals surface area (Å²) in [5.41, 5.74) is 0.954. The highest BCUT2D eigenvalue weighted by Gasteiger charge is 2.33. The second-order valence-electron chi connectivity index (χ2n) is 9.60. The van der Waals surface area contributed by atoms with Crippen LogP contribution in [0.3, 0.4) is 0 Å². The third-order valence-corrected chi connectivity index (χ3v) is 5.20. The molecule has 0 aromatic carbocycles. The van der Waals surface area contributed by atoms with E-state index in [-0.39, 0.29) is 22.9 Å². The maximum Gasteiger partial charge on any atom is 0.317 e. The van der Waals surface area contributed by atoms with Gasteiger partial charge >= 0.3 is 6.03 Å². The smallest absolute Gasteiger partial charge is 0.317 e. The Bertz CT molecular complexity index is 642. The van der Waals surface area contributed by atoms with Crippen molar-refractivity contribution in [3.8, 4) is 0 Å². The number of amides is 2. The van der Waals surface area contributed by atoms with Crippen LogP contribution in [0.2, 0.25) is 0 Å². The Morgan fingerprint density at radius 3 is 2.38 bits per heavy atom. The summed E-state index contributed by atoms with van der Waals surface area (Å²) in [4.78, 5) is 26.2. The molecule has 2 amide bonds. The van der Waals surface area contributed by atoms with Crippen molar-refractivity contribution in [3.05, 3.63) is 17.6 Å². The van der Waals surface area contributed by atoms with Crippen LogP contribution in [0, 0.1) is 0 Å². The van der Waals surface area contributed by atoms with E-state index in [4.69, 9.17) is 9.97 Å². The quantitative estimate of drug-likeness (QED) is 0.881. The lowest BCUT2D eigenvalue weighted by atomic mass is 9.90. The monoisotopic (exact) mass is 359 g/mol. The lowest BCUT2D eigenvalue weighted by Gasteiger charge is -2.38. The van der Waals surface area contributed by atoms with E-state index in [1.165, 1.54) is 0 Å². The molecule has 0 saturated carbocycles. The maximum atomic E-state index is 12.1. The number of rotatable bonds is 2. The van der Waals surface area contributed by atoms with Gasteiger partial charge in [-0.3, -0.25) is 0 Å². The van der Waals surface area contributed by atoms with Crippen molar-refractivity contribution >= 4 is 11.8 Å². The molecular weight excluding hydrogens is 326 g/mol. The van der Waals surface area contributed by atoms with Crippen molar-refractivity contribution in [1.29, 1.82) is 0 Å². The molecule has 2 fully saturated rings. The number of hydrogen-bond acceptors (Lipinski definition) is 4. The highest BCUT2D eigenvalue weighted by atomic mass is 16.2. The molecule has 6 heteroatoms. The lowest BCUT2D eigenvalue weighted by molar-refractivity contribution is 0.189. The third kappa shape index (κ3) is 3.94. The van der Waals surface area contributed by atoms with Gasteiger partial charge in [0.05, 0.1) is 11.7 Å². The molecule has 0 radical (unpaired) electrons. The summed E-state index contributed by atoms with van der Waals surface area (Å²) in [6.45, 7) is 16.4. The minimum Gasteiger partial charge on any atom is -0.354 e. The van der Waals surface area contributed by atoms with E-state index in [0.29, 0.717) is 0 Å². The number of urea groups is 1. The predicted molar refractivity (Wildman–Crippen MR) is 105 cm³/mol. The average molecular weight is 360 g/mol. The van der Waals surface area contributed by atoms with Crippen LogP contribution in [0.25, 0.3) is 0 Å². The number of carbonyl (C=O) groups is 1. The van der Waals surface area contributed by atoms with Crippen molar-refractivity contribution in [3.63, 3.8) is 0 Å². The summed E-state index contributed by atoms with van der Waals surface area (Å²) >= 11 is 0. The Kier molecular flexibility index (Phi) is 4.88. The van der Waals surface area contributed by atoms with E-state index in [1.807, 2.05) is 4.90 Å². The molecule has 1 atom stereocenters. The third-order valence-electron chi connectivity index (χ3n) is 5.20. The first-order chi connectivity index (χ1) is 12.1. The van der Waals surface area contributed by atoms with Crippen molar-refractivity contribution in [1.82, 2.24) is 20.2 Å². The number of aromatic nitrogens is 2. The van der Waals surface area contributed by atoms with Gasteiger partial charge in [-0.2, -0.15) is 0 Å². The molecule has 2 aliphatic rings. The Morgan fingerprint density at radius 1 is 1.08 bits per heavy atom. The van der Waals surface area contributed by atoms with Crippen LogP contribution in [0.15, 0.2) is 6.07 Å². The van der Waals surface area contributed by atoms with Gasteiger partial charge in [-0.05, 0) is 12.8 Å². The van der Waals surface area contributed by atoms with Gasteiger partial charge in [-0.15, -0.1) is 0 Å². The van der Waals surface area contributed by atoms with E-state index < -0.39 is 0 Å². The number of carbonyl (C=O) groups excluding carboxylic acids is 1. The number of hydrogen-bond donors (Lipinski definition) is 1. The van der Waals surface area contributed by atoms with E-state index >= 15 is 0 Å². The predicted octanol–water partition coefficient (Wildman–Crippen LogP) is 3.07. The molecular formula is C20H33N5O. The van der Waals surface area contributed by atoms with Crippen molar-refractivity contribution in [2.75, 3.05) is 31.1 Å². The number of piperidine rings is 1. The molecule has 26 heavy (non-hydrogen) atoms. The van der Waals surface area contributed by atoms with Gasteiger partial charge in [0.2, 0.25) is 0 Å². The zero-order valence-corrected chi connectivity index (χ0v) is 17.1. The molecule has 3 heterocycles. The lowest BCUT2D eigenvalue weighted by Crippen LogP contribution is -2.49. The van der Waals surface area contributed by atoms with Gasteiger partial charge in [0, 0.05) is 43.1 Å². The van der Waals surface area contributed by atoms with Crippen LogP contribution in [-0.2, 0) is 10.8 Å². The van der Waals surface area contributed by atoms with Crippen LogP contribution in [0.4, 0.5) is 10.6 Å². The first kappa shape index (κ1) is 18.9. The van der Waals surface area contributed by atoms with Crippen LogP contribution >= 0.6 is 0 Å². The Hall–Kier alpha value is -1.85. The fourth-order valence-corrected chi connectivity index (χ4v) is 3.57. The highest BCUT2D eigenvalue weighted by Crippen LogP contribution is 2.30. The molecule has 3 rings (SSSR count). The number of nitrogens with zero attached hydrogens (tertiary/aromatic N) is 4. The Morgan fingerprint density at radius 2 is 1.81 bits per heavy atom. The van der Waals surface area contributed by atoms with Gasteiger partial charge in [-0.25, -0.2) is 14.8 Å². The van der Waals surface area contributed by atoms with Crippen LogP contribution in [-0.4, -0.2) is 53.1 Å². The summed E-state index contributed by atoms with van der Waals surface area (Å²) in [5, 5.41) is 2.92. The Labute approximate surface area is 157 Å². The van der Waals surface area contributed by atoms with Gasteiger partial charge in [0.1, 0.15) is 11.6 Å². The maximum absolute atomic E-state index is 12.1. The molecule has 2 saturated heterocycles. The molecule has 0 aliphatic carbocycles. The molecule has 6 nitrogen and oxygen atoms in total. The standard InChI is InChI=1S/C20H33N5O/c1-19(2,3)15-12-16(23-17(22-15)20(4,5)6)24-10-7-8-14(13-24)25-11-9-21-18(25)26/h12,14H,7-11,13H2,1-6H3,(H,21,26). The van der Waals surface area contributed by atoms with E-state index in [9.17, 15) is 4.79 Å². The van der Waals surface area contributed by atoms with Crippen LogP contribution < -0.4 is 10.2 Å². The summed E-state index contributed by atoms with van der Waals surface area (Å²) in [6.07, 6.45) is 2.14. The van der Waals surface area contributed by atoms with Gasteiger partial charge < -0.3 is 15.1 Å². The highest BCUT2D eigenvalue weighted by molar-refractivity contribution is 5.76. The topological polar surface area (TPSA) is 61.4 Å². The first-order valence-electron chi connectivity index (χ1n) is 9.75. The summed E-state index contributed by atoms with van der Waals surface area (Å²) in [5.74, 6) is 1.89. The summed E-state index contributed by atoms with van der Waals surface area (Å²) in [7, 11) is 0. The SMILES string of the molecule is CC(C)(C)c1cc(N2CCCC(N3CCNC3=O)C2)nc(C(C)(C)C)n1. The summed E-state index contributed by atoms with van der Waals surface area (Å²) in [6, 6.07) is 2.48. The molecule has 1 unspecified atom stereocenters. The fraction of sp³-hybridized carbons (Fsp3) is 0.750. The van der Waals surface area contributed by atoms with Crippen molar-refractivity contribution < 1.29 is 4.79 Å². The number of anilines is 1. The Balaban J connectivity index is 1.90. The normalized spacial score (nSPS) is 21.9. The second-order valence-corrected chi connectivity index (χ2v) is 9.60. The van der Waals surface area contributed by atoms with E-state index in [2.05, 4.69) is 57.8 Å². The van der Waals surface area contributed by atoms with Crippen LogP contribution in [0.1, 0.15) is 65.9 Å². The van der Waals surface area contributed by atoms with E-state index in [1.54, 1.807) is 0 Å². The van der Waals surface area contributed by atoms with Gasteiger partial charge in [-0.1, -0.05) is 41.5 Å². The zero-order chi connectivity index (χ0) is 19.1. The van der Waals surface area contributed by atoms with Crippen LogP contribution in [0.5, 0.6) is 0 Å². The van der Waals surface area contributed by atoms with Gasteiger partial charge in [0.25, 0.3) is 0 Å². The molecule has 0 bridgehead atoms. The minimum absolute atomic E-state index is 0.0261. The van der Waals surface area contributed by atoms with Crippen molar-refractivity contribution in [2.24, 2.45) is 0 Å². The largest absolute Gasteiger partial charge is 0.354 e. The molecule has 1 N–H and O–H groups in total. The molecule has 1 aromatic rings. The first-order valence-corrected chi connectivity index (χ1v) is 9.75. The molecule has 144 valence electrons. The fourth-order valence-electron chi connectivity index (χ4n) is 3.57. The second kappa shape index (κ2) is 6.71. The molecule has 0 spiro atoms. The molecule has 1 aromatic heterocycles. The zero-order valence-electron chi connectivity index (χ0n) is 17.1. The van der Waals surface area contributed by atoms with E-state index in [0.717, 1.165) is 56.4 Å². The number of nitrogens with one attached hydrogen (secondary N) is 1. The van der Waals surface area contributed by atoms with Gasteiger partial charge in [0.15, 0.2) is 0 Å².